The number of carbonyl (C=O) groups is 1. The van der Waals surface area contributed by atoms with Gasteiger partial charge in [0.15, 0.2) is 11.5 Å². The van der Waals surface area contributed by atoms with Crippen molar-refractivity contribution in [3.8, 4) is 11.5 Å². The van der Waals surface area contributed by atoms with E-state index in [1.807, 2.05) is 0 Å². The van der Waals surface area contributed by atoms with Crippen LogP contribution in [0, 0.1) is 0 Å². The van der Waals surface area contributed by atoms with Gasteiger partial charge < -0.3 is 19.7 Å². The minimum Gasteiger partial charge on any atom is -0.493 e. The van der Waals surface area contributed by atoms with Crippen molar-refractivity contribution in [3.05, 3.63) is 18.2 Å². The van der Waals surface area contributed by atoms with E-state index in [1.165, 1.54) is 39.5 Å². The zero-order chi connectivity index (χ0) is 17.7. The number of hydrogen-bond acceptors (Lipinski definition) is 6. The number of sulfonamides is 1. The lowest BCUT2D eigenvalue weighted by molar-refractivity contribution is -0.131. The van der Waals surface area contributed by atoms with Crippen molar-refractivity contribution in [1.29, 1.82) is 0 Å². The van der Waals surface area contributed by atoms with E-state index in [-0.39, 0.29) is 17.3 Å². The van der Waals surface area contributed by atoms with Crippen LogP contribution < -0.4 is 14.8 Å². The first-order valence-electron chi connectivity index (χ1n) is 7.57. The summed E-state index contributed by atoms with van der Waals surface area (Å²) in [5.74, 6) is 0.555. The van der Waals surface area contributed by atoms with Crippen LogP contribution in [0.15, 0.2) is 23.1 Å². The summed E-state index contributed by atoms with van der Waals surface area (Å²) in [4.78, 5) is 14.0. The van der Waals surface area contributed by atoms with Crippen LogP contribution in [0.4, 0.5) is 0 Å². The molecule has 134 valence electrons. The Bertz CT molecular complexity index is 686. The molecule has 1 amide bonds. The summed E-state index contributed by atoms with van der Waals surface area (Å²) in [5.41, 5.74) is 0. The molecule has 0 atom stereocenters. The molecule has 2 rings (SSSR count). The third kappa shape index (κ3) is 3.97. The number of likely N-dealkylation sites (N-methyl/N-ethyl adjacent to an activating group) is 1. The summed E-state index contributed by atoms with van der Waals surface area (Å²) in [6.07, 6.45) is 0. The Morgan fingerprint density at radius 3 is 2.42 bits per heavy atom. The van der Waals surface area contributed by atoms with Gasteiger partial charge in [-0.3, -0.25) is 4.79 Å². The van der Waals surface area contributed by atoms with Gasteiger partial charge in [-0.05, 0) is 12.1 Å². The number of rotatable bonds is 6. The Morgan fingerprint density at radius 2 is 1.83 bits per heavy atom. The maximum absolute atomic E-state index is 12.7. The predicted molar refractivity (Wildman–Crippen MR) is 88.8 cm³/mol. The number of carbonyl (C=O) groups excluding carboxylic acids is 1. The van der Waals surface area contributed by atoms with Gasteiger partial charge in [0.2, 0.25) is 15.9 Å². The number of ether oxygens (including phenoxy) is 2. The molecule has 24 heavy (non-hydrogen) atoms. The van der Waals surface area contributed by atoms with Crippen LogP contribution in [0.25, 0.3) is 0 Å². The second kappa shape index (κ2) is 7.82. The SMILES string of the molecule is COc1ccc(S(=O)(=O)N(C)CC(=O)N2CCNCC2)cc1OC. The van der Waals surface area contributed by atoms with E-state index in [0.717, 1.165) is 17.4 Å². The molecule has 8 nitrogen and oxygen atoms in total. The van der Waals surface area contributed by atoms with Gasteiger partial charge in [0.1, 0.15) is 0 Å². The number of amides is 1. The zero-order valence-electron chi connectivity index (χ0n) is 14.1. The molecule has 1 aliphatic rings. The Balaban J connectivity index is 2.15. The van der Waals surface area contributed by atoms with Crippen LogP contribution in [0.5, 0.6) is 11.5 Å². The van der Waals surface area contributed by atoms with E-state index in [0.29, 0.717) is 24.6 Å². The van der Waals surface area contributed by atoms with Crippen molar-refractivity contribution in [3.63, 3.8) is 0 Å². The van der Waals surface area contributed by atoms with Crippen molar-refractivity contribution in [1.82, 2.24) is 14.5 Å². The molecule has 1 aromatic rings. The number of nitrogens with zero attached hydrogens (tertiary/aromatic N) is 2. The summed E-state index contributed by atoms with van der Waals surface area (Å²) < 4.78 is 36.6. The highest BCUT2D eigenvalue weighted by atomic mass is 32.2. The first-order valence-corrected chi connectivity index (χ1v) is 9.01. The highest BCUT2D eigenvalue weighted by Crippen LogP contribution is 2.30. The van der Waals surface area contributed by atoms with Crippen molar-refractivity contribution in [2.75, 3.05) is 54.0 Å². The summed E-state index contributed by atoms with van der Waals surface area (Å²) in [6, 6.07) is 4.35. The van der Waals surface area contributed by atoms with Crippen molar-refractivity contribution >= 4 is 15.9 Å². The van der Waals surface area contributed by atoms with Crippen LogP contribution in [0.3, 0.4) is 0 Å². The maximum Gasteiger partial charge on any atom is 0.243 e. The molecular weight excluding hydrogens is 334 g/mol. The second-order valence-corrected chi connectivity index (χ2v) is 7.45. The first-order chi connectivity index (χ1) is 11.4. The summed E-state index contributed by atoms with van der Waals surface area (Å²) in [5, 5.41) is 3.15. The lowest BCUT2D eigenvalue weighted by Crippen LogP contribution is -2.49. The van der Waals surface area contributed by atoms with Gasteiger partial charge in [0.25, 0.3) is 0 Å². The zero-order valence-corrected chi connectivity index (χ0v) is 14.9. The molecule has 1 aromatic carbocycles. The number of nitrogens with one attached hydrogen (secondary N) is 1. The largest absolute Gasteiger partial charge is 0.493 e. The molecule has 0 saturated carbocycles. The molecule has 1 N–H and O–H groups in total. The highest BCUT2D eigenvalue weighted by Gasteiger charge is 2.26. The van der Waals surface area contributed by atoms with E-state index in [4.69, 9.17) is 9.47 Å². The summed E-state index contributed by atoms with van der Waals surface area (Å²) in [6.45, 7) is 2.42. The lowest BCUT2D eigenvalue weighted by Gasteiger charge is -2.29. The fraction of sp³-hybridized carbons (Fsp3) is 0.533. The molecule has 0 aromatic heterocycles. The number of benzene rings is 1. The molecule has 1 saturated heterocycles. The second-order valence-electron chi connectivity index (χ2n) is 5.41. The smallest absolute Gasteiger partial charge is 0.243 e. The maximum atomic E-state index is 12.7. The average Bonchev–Trinajstić information content (AvgIpc) is 2.61. The van der Waals surface area contributed by atoms with Gasteiger partial charge in [0, 0.05) is 39.3 Å². The average molecular weight is 357 g/mol. The first kappa shape index (κ1) is 18.5. The standard InChI is InChI=1S/C15H23N3O5S/c1-17(11-15(19)18-8-6-16-7-9-18)24(20,21)12-4-5-13(22-2)14(10-12)23-3/h4-5,10,16H,6-9,11H2,1-3H3. The Labute approximate surface area is 142 Å². The van der Waals surface area contributed by atoms with Gasteiger partial charge in [0.05, 0.1) is 25.7 Å². The molecule has 0 bridgehead atoms. The van der Waals surface area contributed by atoms with Crippen LogP contribution in [-0.4, -0.2) is 77.5 Å². The molecule has 0 spiro atoms. The third-order valence-electron chi connectivity index (χ3n) is 3.89. The predicted octanol–water partition coefficient (Wildman–Crippen LogP) is -0.244. The third-order valence-corrected chi connectivity index (χ3v) is 5.69. The fourth-order valence-electron chi connectivity index (χ4n) is 2.45. The number of piperazine rings is 1. The van der Waals surface area contributed by atoms with Crippen LogP contribution >= 0.6 is 0 Å². The lowest BCUT2D eigenvalue weighted by atomic mass is 10.3. The number of methoxy groups -OCH3 is 2. The molecule has 0 unspecified atom stereocenters. The van der Waals surface area contributed by atoms with Crippen LogP contribution in [0.1, 0.15) is 0 Å². The quantitative estimate of drug-likeness (QED) is 0.756. The van der Waals surface area contributed by atoms with E-state index < -0.39 is 10.0 Å². The van der Waals surface area contributed by atoms with Crippen molar-refractivity contribution in [2.45, 2.75) is 4.90 Å². The van der Waals surface area contributed by atoms with Crippen LogP contribution in [0.2, 0.25) is 0 Å². The normalized spacial score (nSPS) is 15.4. The van der Waals surface area contributed by atoms with Crippen molar-refractivity contribution < 1.29 is 22.7 Å². The molecule has 1 aliphatic heterocycles. The topological polar surface area (TPSA) is 88.2 Å². The van der Waals surface area contributed by atoms with Gasteiger partial charge in [-0.15, -0.1) is 0 Å². The van der Waals surface area contributed by atoms with E-state index in [9.17, 15) is 13.2 Å². The van der Waals surface area contributed by atoms with Gasteiger partial charge in [-0.25, -0.2) is 8.42 Å². The fourth-order valence-corrected chi connectivity index (χ4v) is 3.58. The van der Waals surface area contributed by atoms with Gasteiger partial charge in [-0.2, -0.15) is 4.31 Å². The molecule has 0 radical (unpaired) electrons. The minimum atomic E-state index is -3.80. The Kier molecular flexibility index (Phi) is 6.03. The van der Waals surface area contributed by atoms with Gasteiger partial charge in [-0.1, -0.05) is 0 Å². The monoisotopic (exact) mass is 357 g/mol. The molecular formula is C15H23N3O5S. The van der Waals surface area contributed by atoms with E-state index in [1.54, 1.807) is 4.90 Å². The number of hydrogen-bond donors (Lipinski definition) is 1. The molecule has 1 fully saturated rings. The van der Waals surface area contributed by atoms with Crippen LogP contribution in [-0.2, 0) is 14.8 Å². The van der Waals surface area contributed by atoms with E-state index in [2.05, 4.69) is 5.32 Å². The molecule has 1 heterocycles. The van der Waals surface area contributed by atoms with Crippen molar-refractivity contribution in [2.24, 2.45) is 0 Å². The molecule has 0 aliphatic carbocycles. The minimum absolute atomic E-state index is 0.0516. The Hall–Kier alpha value is -1.84. The van der Waals surface area contributed by atoms with Gasteiger partial charge >= 0.3 is 0 Å². The Morgan fingerprint density at radius 1 is 1.21 bits per heavy atom. The molecule has 9 heteroatoms. The highest BCUT2D eigenvalue weighted by molar-refractivity contribution is 7.89. The van der Waals surface area contributed by atoms with E-state index >= 15 is 0 Å². The summed E-state index contributed by atoms with van der Waals surface area (Å²) in [7, 11) is 0.512. The summed E-state index contributed by atoms with van der Waals surface area (Å²) >= 11 is 0.